The molecule has 3 heteroatoms. The van der Waals surface area contributed by atoms with Gasteiger partial charge in [-0.1, -0.05) is 17.4 Å². The van der Waals surface area contributed by atoms with E-state index in [9.17, 15) is 0 Å². The molecule has 0 aliphatic carbocycles. The van der Waals surface area contributed by atoms with E-state index in [1.165, 1.54) is 11.1 Å². The van der Waals surface area contributed by atoms with Gasteiger partial charge in [-0.2, -0.15) is 0 Å². The van der Waals surface area contributed by atoms with E-state index in [0.29, 0.717) is 0 Å². The summed E-state index contributed by atoms with van der Waals surface area (Å²) in [5.41, 5.74) is 4.63. The Balaban J connectivity index is 2.54. The third-order valence-corrected chi connectivity index (χ3v) is 2.64. The molecule has 1 aromatic carbocycles. The van der Waals surface area contributed by atoms with Gasteiger partial charge in [0.1, 0.15) is 5.52 Å². The second kappa shape index (κ2) is 3.85. The Labute approximate surface area is 89.4 Å². The molecular formula is C12H15N3. The van der Waals surface area contributed by atoms with Crippen LogP contribution in [0.5, 0.6) is 0 Å². The van der Waals surface area contributed by atoms with Crippen LogP contribution in [0.25, 0.3) is 11.0 Å². The van der Waals surface area contributed by atoms with Crippen molar-refractivity contribution in [2.45, 2.75) is 27.3 Å². The summed E-state index contributed by atoms with van der Waals surface area (Å²) in [7, 11) is 0. The molecule has 0 saturated carbocycles. The van der Waals surface area contributed by atoms with Gasteiger partial charge < -0.3 is 0 Å². The first-order valence-corrected chi connectivity index (χ1v) is 5.14. The Hall–Kier alpha value is -1.64. The highest BCUT2D eigenvalue weighted by atomic mass is 15.4. The Morgan fingerprint density at radius 1 is 1.27 bits per heavy atom. The number of fused-ring (bicyclic) bond motifs is 1. The second-order valence-electron chi connectivity index (χ2n) is 3.77. The molecule has 0 saturated heterocycles. The van der Waals surface area contributed by atoms with Crippen LogP contribution in [0.3, 0.4) is 0 Å². The smallest absolute Gasteiger partial charge is 0.113 e. The number of nitrogens with zero attached hydrogens (tertiary/aromatic N) is 3. The molecule has 0 amide bonds. The van der Waals surface area contributed by atoms with E-state index in [1.807, 2.05) is 17.7 Å². The molecule has 15 heavy (non-hydrogen) atoms. The van der Waals surface area contributed by atoms with Crippen LogP contribution in [0, 0.1) is 13.8 Å². The minimum atomic E-state index is 0.787. The zero-order valence-electron chi connectivity index (χ0n) is 9.36. The number of rotatable bonds is 2. The molecule has 78 valence electrons. The summed E-state index contributed by atoms with van der Waals surface area (Å²) >= 11 is 0. The van der Waals surface area contributed by atoms with Crippen LogP contribution in [0.2, 0.25) is 0 Å². The van der Waals surface area contributed by atoms with Gasteiger partial charge in [-0.3, -0.25) is 0 Å². The molecule has 2 rings (SSSR count). The molecule has 0 radical (unpaired) electrons. The van der Waals surface area contributed by atoms with Crippen molar-refractivity contribution in [3.63, 3.8) is 0 Å². The Bertz CT molecular complexity index is 509. The monoisotopic (exact) mass is 201 g/mol. The second-order valence-corrected chi connectivity index (χ2v) is 3.77. The van der Waals surface area contributed by atoms with E-state index in [0.717, 1.165) is 17.6 Å². The lowest BCUT2D eigenvalue weighted by Crippen LogP contribution is -1.97. The standard InChI is InChI=1S/C12H15N3/c1-4-5-6-15-12-8-10(3)9(2)7-11(12)13-14-15/h4-5,7-8H,6H2,1-3H3/b5-4+. The summed E-state index contributed by atoms with van der Waals surface area (Å²) in [5, 5.41) is 8.28. The maximum atomic E-state index is 4.15. The fourth-order valence-corrected chi connectivity index (χ4v) is 1.56. The highest BCUT2D eigenvalue weighted by Crippen LogP contribution is 2.16. The van der Waals surface area contributed by atoms with Gasteiger partial charge in [0.2, 0.25) is 0 Å². The average molecular weight is 201 g/mol. The fourth-order valence-electron chi connectivity index (χ4n) is 1.56. The summed E-state index contributed by atoms with van der Waals surface area (Å²) in [6.07, 6.45) is 4.10. The molecule has 1 heterocycles. The molecule has 3 nitrogen and oxygen atoms in total. The van der Waals surface area contributed by atoms with Crippen molar-refractivity contribution in [1.82, 2.24) is 15.0 Å². The molecule has 2 aromatic rings. The van der Waals surface area contributed by atoms with E-state index < -0.39 is 0 Å². The first-order chi connectivity index (χ1) is 7.22. The molecule has 0 spiro atoms. The fraction of sp³-hybridized carbons (Fsp3) is 0.333. The maximum absolute atomic E-state index is 4.15. The first kappa shape index (κ1) is 9.90. The van der Waals surface area contributed by atoms with E-state index in [2.05, 4.69) is 42.4 Å². The molecule has 0 fully saturated rings. The van der Waals surface area contributed by atoms with Crippen LogP contribution >= 0.6 is 0 Å². The van der Waals surface area contributed by atoms with Gasteiger partial charge in [-0.25, -0.2) is 4.68 Å². The lowest BCUT2D eigenvalue weighted by molar-refractivity contribution is 0.682. The molecular weight excluding hydrogens is 186 g/mol. The summed E-state index contributed by atoms with van der Waals surface area (Å²) in [5.74, 6) is 0. The number of hydrogen-bond acceptors (Lipinski definition) is 2. The number of allylic oxidation sites excluding steroid dienone is 2. The van der Waals surface area contributed by atoms with E-state index in [1.54, 1.807) is 0 Å². The van der Waals surface area contributed by atoms with Gasteiger partial charge in [0, 0.05) is 0 Å². The summed E-state index contributed by atoms with van der Waals surface area (Å²) in [6.45, 7) is 7.01. The van der Waals surface area contributed by atoms with Crippen molar-refractivity contribution in [3.8, 4) is 0 Å². The minimum absolute atomic E-state index is 0.787. The van der Waals surface area contributed by atoms with Crippen molar-refractivity contribution < 1.29 is 0 Å². The number of benzene rings is 1. The van der Waals surface area contributed by atoms with Crippen LogP contribution in [0.15, 0.2) is 24.3 Å². The van der Waals surface area contributed by atoms with E-state index in [4.69, 9.17) is 0 Å². The first-order valence-electron chi connectivity index (χ1n) is 5.14. The predicted molar refractivity (Wildman–Crippen MR) is 61.8 cm³/mol. The SMILES string of the molecule is C/C=C/Cn1nnc2cc(C)c(C)cc21. The maximum Gasteiger partial charge on any atom is 0.113 e. The third kappa shape index (κ3) is 1.77. The normalized spacial score (nSPS) is 11.7. The van der Waals surface area contributed by atoms with Gasteiger partial charge in [-0.15, -0.1) is 5.10 Å². The highest BCUT2D eigenvalue weighted by Gasteiger charge is 2.04. The highest BCUT2D eigenvalue weighted by molar-refractivity contribution is 5.76. The largest absolute Gasteiger partial charge is 0.241 e. The number of aromatic nitrogens is 3. The molecule has 1 aromatic heterocycles. The Morgan fingerprint density at radius 3 is 2.73 bits per heavy atom. The van der Waals surface area contributed by atoms with Gasteiger partial charge in [-0.05, 0) is 44.0 Å². The average Bonchev–Trinajstić information content (AvgIpc) is 2.59. The van der Waals surface area contributed by atoms with Gasteiger partial charge in [0.25, 0.3) is 0 Å². The third-order valence-electron chi connectivity index (χ3n) is 2.64. The summed E-state index contributed by atoms with van der Waals surface area (Å²) < 4.78 is 1.92. The zero-order valence-corrected chi connectivity index (χ0v) is 9.36. The lowest BCUT2D eigenvalue weighted by atomic mass is 10.1. The van der Waals surface area contributed by atoms with Crippen LogP contribution in [0.4, 0.5) is 0 Å². The van der Waals surface area contributed by atoms with E-state index in [-0.39, 0.29) is 0 Å². The van der Waals surface area contributed by atoms with Gasteiger partial charge in [0.15, 0.2) is 0 Å². The molecule has 0 aliphatic heterocycles. The van der Waals surface area contributed by atoms with Crippen molar-refractivity contribution in [2.75, 3.05) is 0 Å². The molecule has 0 unspecified atom stereocenters. The minimum Gasteiger partial charge on any atom is -0.241 e. The molecule has 0 N–H and O–H groups in total. The van der Waals surface area contributed by atoms with Gasteiger partial charge in [0.05, 0.1) is 12.1 Å². The van der Waals surface area contributed by atoms with Crippen LogP contribution < -0.4 is 0 Å². The van der Waals surface area contributed by atoms with Crippen LogP contribution in [-0.2, 0) is 6.54 Å². The molecule has 0 atom stereocenters. The van der Waals surface area contributed by atoms with Crippen molar-refractivity contribution >= 4 is 11.0 Å². The Kier molecular flexibility index (Phi) is 2.54. The van der Waals surface area contributed by atoms with E-state index >= 15 is 0 Å². The molecule has 0 aliphatic rings. The number of hydrogen-bond donors (Lipinski definition) is 0. The van der Waals surface area contributed by atoms with Crippen molar-refractivity contribution in [2.24, 2.45) is 0 Å². The Morgan fingerprint density at radius 2 is 2.00 bits per heavy atom. The topological polar surface area (TPSA) is 30.7 Å². The van der Waals surface area contributed by atoms with Gasteiger partial charge >= 0.3 is 0 Å². The van der Waals surface area contributed by atoms with Crippen molar-refractivity contribution in [3.05, 3.63) is 35.4 Å². The predicted octanol–water partition coefficient (Wildman–Crippen LogP) is 2.62. The zero-order chi connectivity index (χ0) is 10.8. The van der Waals surface area contributed by atoms with Crippen LogP contribution in [-0.4, -0.2) is 15.0 Å². The van der Waals surface area contributed by atoms with Crippen molar-refractivity contribution in [1.29, 1.82) is 0 Å². The van der Waals surface area contributed by atoms with Crippen LogP contribution in [0.1, 0.15) is 18.1 Å². The lowest BCUT2D eigenvalue weighted by Gasteiger charge is -2.01. The summed E-state index contributed by atoms with van der Waals surface area (Å²) in [6, 6.07) is 4.23. The number of aryl methyl sites for hydroxylation is 2. The summed E-state index contributed by atoms with van der Waals surface area (Å²) in [4.78, 5) is 0. The molecule has 0 bridgehead atoms. The quantitative estimate of drug-likeness (QED) is 0.699.